The molecule has 0 saturated carbocycles. The molecule has 0 aliphatic heterocycles. The Labute approximate surface area is 79.7 Å². The molecule has 66 valence electrons. The number of thiazole rings is 1. The molecule has 5 heteroatoms. The van der Waals surface area contributed by atoms with Gasteiger partial charge in [0.25, 0.3) is 0 Å². The third-order valence-electron chi connectivity index (χ3n) is 1.56. The van der Waals surface area contributed by atoms with Crippen molar-refractivity contribution in [2.45, 2.75) is 0 Å². The second-order valence-electron chi connectivity index (χ2n) is 2.38. The molecular formula is C8H8N4S. The molecule has 0 amide bonds. The van der Waals surface area contributed by atoms with E-state index in [9.17, 15) is 0 Å². The van der Waals surface area contributed by atoms with Crippen LogP contribution in [0.5, 0.6) is 0 Å². The van der Waals surface area contributed by atoms with E-state index >= 15 is 0 Å². The number of aromatic nitrogens is 3. The fourth-order valence-electron chi connectivity index (χ4n) is 0.948. The minimum atomic E-state index is 0.854. The van der Waals surface area contributed by atoms with Crippen molar-refractivity contribution in [2.24, 2.45) is 0 Å². The molecule has 0 aliphatic rings. The third-order valence-corrected chi connectivity index (χ3v) is 2.42. The van der Waals surface area contributed by atoms with Crippen LogP contribution in [0.15, 0.2) is 24.0 Å². The molecule has 1 N–H and O–H groups in total. The van der Waals surface area contributed by atoms with Crippen LogP contribution in [0.3, 0.4) is 0 Å². The lowest BCUT2D eigenvalue weighted by Crippen LogP contribution is -1.87. The fraction of sp³-hybridized carbons (Fsp3) is 0.125. The molecule has 0 radical (unpaired) electrons. The first-order chi connectivity index (χ1) is 6.40. The topological polar surface area (TPSA) is 50.7 Å². The van der Waals surface area contributed by atoms with E-state index in [1.54, 1.807) is 17.5 Å². The molecule has 0 unspecified atom stereocenters. The first-order valence-corrected chi connectivity index (χ1v) is 4.68. The minimum Gasteiger partial charge on any atom is -0.365 e. The number of rotatable bonds is 2. The van der Waals surface area contributed by atoms with Crippen molar-refractivity contribution in [1.82, 2.24) is 15.0 Å². The van der Waals surface area contributed by atoms with Crippen molar-refractivity contribution in [2.75, 3.05) is 12.4 Å². The summed E-state index contributed by atoms with van der Waals surface area (Å²) in [5.41, 5.74) is 1.74. The van der Waals surface area contributed by atoms with Gasteiger partial charge >= 0.3 is 0 Å². The van der Waals surface area contributed by atoms with Gasteiger partial charge in [0.2, 0.25) is 0 Å². The van der Waals surface area contributed by atoms with E-state index in [0.29, 0.717) is 0 Å². The van der Waals surface area contributed by atoms with Crippen LogP contribution in [0.4, 0.5) is 5.13 Å². The van der Waals surface area contributed by atoms with E-state index in [-0.39, 0.29) is 0 Å². The van der Waals surface area contributed by atoms with Gasteiger partial charge in [0.1, 0.15) is 12.0 Å². The molecule has 0 aromatic carbocycles. The SMILES string of the molecule is CNc1nc(-c2ccncn2)cs1. The normalized spacial score (nSPS) is 9.92. The Balaban J connectivity index is 2.36. The summed E-state index contributed by atoms with van der Waals surface area (Å²) in [6.45, 7) is 0. The Bertz CT molecular complexity index is 384. The number of anilines is 1. The van der Waals surface area contributed by atoms with Gasteiger partial charge in [-0.1, -0.05) is 0 Å². The lowest BCUT2D eigenvalue weighted by Gasteiger charge is -1.92. The van der Waals surface area contributed by atoms with Crippen LogP contribution in [0.1, 0.15) is 0 Å². The van der Waals surface area contributed by atoms with Crippen molar-refractivity contribution >= 4 is 16.5 Å². The molecule has 4 nitrogen and oxygen atoms in total. The minimum absolute atomic E-state index is 0.854. The first kappa shape index (κ1) is 8.12. The van der Waals surface area contributed by atoms with Gasteiger partial charge in [-0.2, -0.15) is 0 Å². The molecule has 2 heterocycles. The number of nitrogens with one attached hydrogen (secondary N) is 1. The van der Waals surface area contributed by atoms with Gasteiger partial charge in [-0.25, -0.2) is 15.0 Å². The van der Waals surface area contributed by atoms with Gasteiger partial charge in [0, 0.05) is 18.6 Å². The van der Waals surface area contributed by atoms with Crippen LogP contribution < -0.4 is 5.32 Å². The highest BCUT2D eigenvalue weighted by Crippen LogP contribution is 2.21. The van der Waals surface area contributed by atoms with Crippen molar-refractivity contribution in [3.63, 3.8) is 0 Å². The summed E-state index contributed by atoms with van der Waals surface area (Å²) in [7, 11) is 1.85. The monoisotopic (exact) mass is 192 g/mol. The molecule has 0 saturated heterocycles. The predicted molar refractivity (Wildman–Crippen MR) is 52.7 cm³/mol. The number of nitrogens with zero attached hydrogens (tertiary/aromatic N) is 3. The predicted octanol–water partition coefficient (Wildman–Crippen LogP) is 1.64. The Morgan fingerprint density at radius 2 is 2.31 bits per heavy atom. The Morgan fingerprint density at radius 3 is 2.92 bits per heavy atom. The largest absolute Gasteiger partial charge is 0.365 e. The highest BCUT2D eigenvalue weighted by molar-refractivity contribution is 7.14. The number of hydrogen-bond acceptors (Lipinski definition) is 5. The Kier molecular flexibility index (Phi) is 2.18. The second kappa shape index (κ2) is 3.49. The average Bonchev–Trinajstić information content (AvgIpc) is 2.67. The van der Waals surface area contributed by atoms with Crippen LogP contribution in [0.2, 0.25) is 0 Å². The zero-order valence-corrected chi connectivity index (χ0v) is 7.88. The number of hydrogen-bond donors (Lipinski definition) is 1. The van der Waals surface area contributed by atoms with Gasteiger partial charge in [-0.05, 0) is 6.07 Å². The molecule has 0 bridgehead atoms. The van der Waals surface area contributed by atoms with Crippen molar-refractivity contribution < 1.29 is 0 Å². The third kappa shape index (κ3) is 1.65. The van der Waals surface area contributed by atoms with E-state index in [1.165, 1.54) is 6.33 Å². The summed E-state index contributed by atoms with van der Waals surface area (Å²) < 4.78 is 0. The fourth-order valence-corrected chi connectivity index (χ4v) is 1.61. The zero-order chi connectivity index (χ0) is 9.10. The summed E-state index contributed by atoms with van der Waals surface area (Å²) in [6.07, 6.45) is 3.23. The summed E-state index contributed by atoms with van der Waals surface area (Å²) in [4.78, 5) is 12.3. The van der Waals surface area contributed by atoms with Crippen LogP contribution in [-0.4, -0.2) is 22.0 Å². The highest BCUT2D eigenvalue weighted by atomic mass is 32.1. The second-order valence-corrected chi connectivity index (χ2v) is 3.24. The summed E-state index contributed by atoms with van der Waals surface area (Å²) >= 11 is 1.56. The molecular weight excluding hydrogens is 184 g/mol. The van der Waals surface area contributed by atoms with Crippen LogP contribution in [0, 0.1) is 0 Å². The maximum Gasteiger partial charge on any atom is 0.183 e. The standard InChI is InChI=1S/C8H8N4S/c1-9-8-12-7(4-13-8)6-2-3-10-5-11-6/h2-5H,1H3,(H,9,12). The quantitative estimate of drug-likeness (QED) is 0.786. The lowest BCUT2D eigenvalue weighted by molar-refractivity contribution is 1.16. The highest BCUT2D eigenvalue weighted by Gasteiger charge is 2.02. The van der Waals surface area contributed by atoms with Gasteiger partial charge in [-0.15, -0.1) is 11.3 Å². The van der Waals surface area contributed by atoms with Crippen LogP contribution in [-0.2, 0) is 0 Å². The summed E-state index contributed by atoms with van der Waals surface area (Å²) in [6, 6.07) is 1.84. The van der Waals surface area contributed by atoms with Gasteiger partial charge < -0.3 is 5.32 Å². The average molecular weight is 192 g/mol. The Morgan fingerprint density at radius 1 is 1.38 bits per heavy atom. The van der Waals surface area contributed by atoms with Crippen molar-refractivity contribution in [3.8, 4) is 11.4 Å². The van der Waals surface area contributed by atoms with E-state index in [0.717, 1.165) is 16.5 Å². The van der Waals surface area contributed by atoms with Gasteiger partial charge in [0.05, 0.1) is 5.69 Å². The van der Waals surface area contributed by atoms with E-state index in [1.807, 2.05) is 18.5 Å². The van der Waals surface area contributed by atoms with E-state index < -0.39 is 0 Å². The molecule has 0 atom stereocenters. The van der Waals surface area contributed by atoms with Crippen molar-refractivity contribution in [3.05, 3.63) is 24.0 Å². The molecule has 0 fully saturated rings. The van der Waals surface area contributed by atoms with E-state index in [4.69, 9.17) is 0 Å². The van der Waals surface area contributed by atoms with Crippen molar-refractivity contribution in [1.29, 1.82) is 0 Å². The summed E-state index contributed by atoms with van der Waals surface area (Å²) in [5.74, 6) is 0. The van der Waals surface area contributed by atoms with Crippen LogP contribution >= 0.6 is 11.3 Å². The summed E-state index contributed by atoms with van der Waals surface area (Å²) in [5, 5.41) is 5.84. The molecule has 0 spiro atoms. The maximum atomic E-state index is 4.32. The Hall–Kier alpha value is -1.49. The molecule has 2 rings (SSSR count). The molecule has 2 aromatic heterocycles. The molecule has 2 aromatic rings. The van der Waals surface area contributed by atoms with Gasteiger partial charge in [-0.3, -0.25) is 0 Å². The molecule has 13 heavy (non-hydrogen) atoms. The maximum absolute atomic E-state index is 4.32. The molecule has 0 aliphatic carbocycles. The zero-order valence-electron chi connectivity index (χ0n) is 7.06. The lowest BCUT2D eigenvalue weighted by atomic mass is 10.3. The first-order valence-electron chi connectivity index (χ1n) is 3.80. The van der Waals surface area contributed by atoms with Gasteiger partial charge in [0.15, 0.2) is 5.13 Å². The van der Waals surface area contributed by atoms with Crippen LogP contribution in [0.25, 0.3) is 11.4 Å². The van der Waals surface area contributed by atoms with E-state index in [2.05, 4.69) is 20.3 Å². The smallest absolute Gasteiger partial charge is 0.183 e.